The number of Topliss-reactive ketones (excluding diaryl/α,β-unsaturated/α-hetero) is 1. The van der Waals surface area contributed by atoms with Gasteiger partial charge in [-0.1, -0.05) is 37.3 Å². The van der Waals surface area contributed by atoms with E-state index in [9.17, 15) is 42.6 Å². The van der Waals surface area contributed by atoms with Crippen molar-refractivity contribution in [2.75, 3.05) is 18.1 Å². The number of carbonyl (C=O) groups excluding carboxylic acids is 5. The molecule has 4 amide bonds. The molecule has 2 atom stereocenters. The Morgan fingerprint density at radius 1 is 1.08 bits per heavy atom. The molecule has 18 heteroatoms. The van der Waals surface area contributed by atoms with Crippen molar-refractivity contribution in [1.29, 1.82) is 0 Å². The van der Waals surface area contributed by atoms with Crippen molar-refractivity contribution in [1.82, 2.24) is 30.2 Å². The van der Waals surface area contributed by atoms with Crippen molar-refractivity contribution in [3.8, 4) is 5.88 Å². The second-order valence-corrected chi connectivity index (χ2v) is 16.5. The lowest BCUT2D eigenvalue weighted by molar-refractivity contribution is -0.143. The summed E-state index contributed by atoms with van der Waals surface area (Å²) in [5.41, 5.74) is 2.26. The molecule has 0 spiro atoms. The molecule has 276 valence electrons. The minimum absolute atomic E-state index is 0.0287. The monoisotopic (exact) mass is 728 g/mol. The predicted molar refractivity (Wildman–Crippen MR) is 181 cm³/mol. The molecule has 2 aromatic rings. The van der Waals surface area contributed by atoms with Gasteiger partial charge in [0.1, 0.15) is 22.9 Å². The highest BCUT2D eigenvalue weighted by atomic mass is 32.2. The first kappa shape index (κ1) is 37.7. The number of hydrogen-bond donors (Lipinski definition) is 4. The Bertz CT molecular complexity index is 1800. The second kappa shape index (κ2) is 15.0. The van der Waals surface area contributed by atoms with Crippen LogP contribution in [0.5, 0.6) is 5.88 Å². The molecule has 0 unspecified atom stereocenters. The minimum atomic E-state index is -3.54. The van der Waals surface area contributed by atoms with Crippen molar-refractivity contribution in [3.05, 3.63) is 35.8 Å². The van der Waals surface area contributed by atoms with E-state index in [1.807, 2.05) is 0 Å². The number of aromatic hydroxyl groups is 1. The van der Waals surface area contributed by atoms with Crippen LogP contribution in [0.1, 0.15) is 100 Å². The van der Waals surface area contributed by atoms with E-state index >= 15 is 0 Å². The van der Waals surface area contributed by atoms with Gasteiger partial charge in [-0.25, -0.2) is 23.1 Å². The molecule has 5 N–H and O–H groups in total. The van der Waals surface area contributed by atoms with E-state index in [2.05, 4.69) is 25.6 Å². The average molecular weight is 729 g/mol. The lowest BCUT2D eigenvalue weighted by Gasteiger charge is -2.37. The van der Waals surface area contributed by atoms with E-state index < -0.39 is 74.0 Å². The molecule has 17 nitrogen and oxygen atoms in total. The van der Waals surface area contributed by atoms with Gasteiger partial charge in [-0.2, -0.15) is 0 Å². The van der Waals surface area contributed by atoms with Gasteiger partial charge >= 0.3 is 0 Å². The average Bonchev–Trinajstić information content (AvgIpc) is 3.76. The number of nitrogens with zero attached hydrogens (tertiary/aromatic N) is 6. The van der Waals surface area contributed by atoms with Crippen LogP contribution in [-0.4, -0.2) is 108 Å². The molecule has 0 radical (unpaired) electrons. The van der Waals surface area contributed by atoms with Crippen molar-refractivity contribution < 1.29 is 42.6 Å². The summed E-state index contributed by atoms with van der Waals surface area (Å²) in [5.74, 6) is -5.77. The van der Waals surface area contributed by atoms with Gasteiger partial charge in [-0.3, -0.25) is 24.0 Å². The highest BCUT2D eigenvalue weighted by Gasteiger charge is 2.50. The van der Waals surface area contributed by atoms with Crippen LogP contribution in [0.2, 0.25) is 0 Å². The smallest absolute Gasteiger partial charge is 0.287 e. The molecule has 5 rings (SSSR count). The van der Waals surface area contributed by atoms with E-state index in [1.54, 1.807) is 0 Å². The number of amides is 4. The summed E-state index contributed by atoms with van der Waals surface area (Å²) < 4.78 is 26.0. The molecule has 0 bridgehead atoms. The molecule has 51 heavy (non-hydrogen) atoms. The van der Waals surface area contributed by atoms with Crippen LogP contribution in [0, 0.1) is 5.92 Å². The standard InChI is InChI=1S/C33H44N8O9S/c1-32(2,48)25-18-36-39-41(25)22-16-24(30(46)38-33(27(43)28(34)44)12-14-51(49,50)15-13-33)40(19-22)31(47)23(10-8-20-6-4-3-5-7-20)37-29(45)21-9-11-26(42)35-17-21/h9,11,17-18,20,22,24,48H,3-8,10,12-16,19H2,1-2H3,(H2,34,44)(H,35,42)(H,38,46)/b37-23+/t22-,24-/m0/s1. The molecular formula is C33H44N8O9S. The Hall–Kier alpha value is -4.58. The molecule has 2 aromatic heterocycles. The predicted octanol–water partition coefficient (Wildman–Crippen LogP) is 0.508. The van der Waals surface area contributed by atoms with Crippen LogP contribution >= 0.6 is 0 Å². The third-order valence-electron chi connectivity index (χ3n) is 10.1. The van der Waals surface area contributed by atoms with Gasteiger partial charge in [0.2, 0.25) is 17.6 Å². The number of rotatable bonds is 11. The van der Waals surface area contributed by atoms with Crippen LogP contribution < -0.4 is 11.1 Å². The van der Waals surface area contributed by atoms with Crippen LogP contribution in [0.15, 0.2) is 29.5 Å². The lowest BCUT2D eigenvalue weighted by Crippen LogP contribution is -2.64. The number of ketones is 1. The van der Waals surface area contributed by atoms with Gasteiger partial charge in [0.15, 0.2) is 9.84 Å². The van der Waals surface area contributed by atoms with Crippen molar-refractivity contribution in [3.63, 3.8) is 0 Å². The number of nitrogens with two attached hydrogens (primary N) is 1. The number of likely N-dealkylation sites (tertiary alicyclic amines) is 1. The fraction of sp³-hybridized carbons (Fsp3) is 0.606. The first-order chi connectivity index (χ1) is 24.0. The van der Waals surface area contributed by atoms with E-state index in [4.69, 9.17) is 5.73 Å². The Morgan fingerprint density at radius 3 is 2.37 bits per heavy atom. The fourth-order valence-corrected chi connectivity index (χ4v) is 8.68. The minimum Gasteiger partial charge on any atom is -0.493 e. The Labute approximate surface area is 295 Å². The summed E-state index contributed by atoms with van der Waals surface area (Å²) in [6.45, 7) is 2.92. The van der Waals surface area contributed by atoms with E-state index in [0.717, 1.165) is 38.3 Å². The van der Waals surface area contributed by atoms with E-state index in [0.29, 0.717) is 18.0 Å². The van der Waals surface area contributed by atoms with Gasteiger partial charge in [0.05, 0.1) is 35.0 Å². The molecule has 1 aliphatic carbocycles. The van der Waals surface area contributed by atoms with E-state index in [-0.39, 0.29) is 49.4 Å². The topological polar surface area (TPSA) is 257 Å². The molecule has 4 heterocycles. The SMILES string of the molecule is CC(C)(O)c1cnnn1[C@H]1C[C@@H](C(=O)NC2(C(=O)C(N)=O)CCS(=O)(=O)CC2)N(C(=O)/C(CCC2CCCCC2)=N/C(=O)c2ccc(O)nc2)C1. The molecule has 1 saturated carbocycles. The molecule has 2 saturated heterocycles. The van der Waals surface area contributed by atoms with Gasteiger partial charge in [0.25, 0.3) is 17.7 Å². The molecule has 3 fully saturated rings. The molecular weight excluding hydrogens is 684 g/mol. The fourth-order valence-electron chi connectivity index (χ4n) is 7.16. The number of sulfone groups is 1. The molecule has 0 aromatic carbocycles. The zero-order valence-corrected chi connectivity index (χ0v) is 29.5. The quantitative estimate of drug-likeness (QED) is 0.182. The first-order valence-electron chi connectivity index (χ1n) is 17.1. The number of primary amides is 1. The van der Waals surface area contributed by atoms with E-state index in [1.165, 1.54) is 41.8 Å². The van der Waals surface area contributed by atoms with Crippen molar-refractivity contribution in [2.45, 2.75) is 101 Å². The normalized spacial score (nSPS) is 22.3. The molecule has 2 aliphatic heterocycles. The largest absolute Gasteiger partial charge is 0.493 e. The summed E-state index contributed by atoms with van der Waals surface area (Å²) in [6.07, 6.45) is 7.49. The van der Waals surface area contributed by atoms with Crippen molar-refractivity contribution in [2.24, 2.45) is 16.6 Å². The molecule has 3 aliphatic rings. The van der Waals surface area contributed by atoms with Gasteiger partial charge < -0.3 is 26.2 Å². The summed E-state index contributed by atoms with van der Waals surface area (Å²) in [5, 5.41) is 31.1. The van der Waals surface area contributed by atoms with Crippen molar-refractivity contribution >= 4 is 45.0 Å². The first-order valence-corrected chi connectivity index (χ1v) is 18.9. The number of aliphatic imine (C=N–C) groups is 1. The summed E-state index contributed by atoms with van der Waals surface area (Å²) >= 11 is 0. The second-order valence-electron chi connectivity index (χ2n) is 14.2. The van der Waals surface area contributed by atoms with Gasteiger partial charge in [0, 0.05) is 25.2 Å². The number of hydrogen-bond acceptors (Lipinski definition) is 12. The number of aromatic nitrogens is 4. The highest BCUT2D eigenvalue weighted by Crippen LogP contribution is 2.34. The maximum atomic E-state index is 14.5. The maximum absolute atomic E-state index is 14.5. The Kier molecular flexibility index (Phi) is 11.0. The third kappa shape index (κ3) is 8.66. The number of aliphatic hydroxyl groups is 1. The Balaban J connectivity index is 1.51. The number of nitrogens with one attached hydrogen (secondary N) is 1. The number of pyridine rings is 1. The zero-order chi connectivity index (χ0) is 37.1. The highest BCUT2D eigenvalue weighted by molar-refractivity contribution is 7.91. The van der Waals surface area contributed by atoms with Crippen LogP contribution in [0.3, 0.4) is 0 Å². The maximum Gasteiger partial charge on any atom is 0.287 e. The summed E-state index contributed by atoms with van der Waals surface area (Å²) in [4.78, 5) is 76.5. The summed E-state index contributed by atoms with van der Waals surface area (Å²) in [7, 11) is -3.54. The van der Waals surface area contributed by atoms with Gasteiger partial charge in [-0.15, -0.1) is 5.10 Å². The third-order valence-corrected chi connectivity index (χ3v) is 11.7. The number of carbonyl (C=O) groups is 5. The summed E-state index contributed by atoms with van der Waals surface area (Å²) in [6, 6.07) is 0.528. The Morgan fingerprint density at radius 2 is 1.76 bits per heavy atom. The lowest BCUT2D eigenvalue weighted by atomic mass is 9.85. The zero-order valence-electron chi connectivity index (χ0n) is 28.7. The van der Waals surface area contributed by atoms with Crippen LogP contribution in [-0.2, 0) is 34.6 Å². The van der Waals surface area contributed by atoms with Crippen LogP contribution in [0.4, 0.5) is 0 Å². The van der Waals surface area contributed by atoms with Crippen LogP contribution in [0.25, 0.3) is 0 Å². The van der Waals surface area contributed by atoms with Gasteiger partial charge in [-0.05, 0) is 51.5 Å².